The molecule has 0 aliphatic carbocycles. The van der Waals surface area contributed by atoms with E-state index in [1.807, 2.05) is 0 Å². The van der Waals surface area contributed by atoms with Crippen molar-refractivity contribution in [3.8, 4) is 5.75 Å². The van der Waals surface area contributed by atoms with Crippen molar-refractivity contribution in [2.45, 2.75) is 52.6 Å². The van der Waals surface area contributed by atoms with Crippen molar-refractivity contribution < 1.29 is 4.74 Å². The lowest BCUT2D eigenvalue weighted by atomic mass is 9.99. The standard InChI is InChI=1S/C18H30N2O/c1-14(13-19-18(3,4)5)15(2)20-11-8-12-21-17-10-7-6-9-16(17)20/h6-7,9-10,14-15,19H,8,11-13H2,1-5H3. The number of hydrogen-bond acceptors (Lipinski definition) is 3. The summed E-state index contributed by atoms with van der Waals surface area (Å²) in [6.45, 7) is 14.2. The summed E-state index contributed by atoms with van der Waals surface area (Å²) in [5.41, 5.74) is 1.42. The molecule has 0 spiro atoms. The molecule has 0 fully saturated rings. The van der Waals surface area contributed by atoms with Gasteiger partial charge in [0, 0.05) is 24.7 Å². The molecule has 0 aromatic heterocycles. The summed E-state index contributed by atoms with van der Waals surface area (Å²) in [7, 11) is 0. The number of hydrogen-bond donors (Lipinski definition) is 1. The first-order chi connectivity index (χ1) is 9.88. The highest BCUT2D eigenvalue weighted by Crippen LogP contribution is 2.33. The van der Waals surface area contributed by atoms with E-state index in [-0.39, 0.29) is 5.54 Å². The third-order valence-corrected chi connectivity index (χ3v) is 4.25. The van der Waals surface area contributed by atoms with Gasteiger partial charge in [-0.2, -0.15) is 0 Å². The first kappa shape index (κ1) is 16.2. The molecule has 1 aliphatic heterocycles. The van der Waals surface area contributed by atoms with E-state index in [2.05, 4.69) is 69.1 Å². The van der Waals surface area contributed by atoms with Gasteiger partial charge in [-0.25, -0.2) is 0 Å². The Morgan fingerprint density at radius 2 is 1.95 bits per heavy atom. The second kappa shape index (κ2) is 6.69. The largest absolute Gasteiger partial charge is 0.491 e. The van der Waals surface area contributed by atoms with E-state index in [1.165, 1.54) is 5.69 Å². The molecule has 1 aromatic carbocycles. The van der Waals surface area contributed by atoms with Gasteiger partial charge >= 0.3 is 0 Å². The number of nitrogens with one attached hydrogen (secondary N) is 1. The summed E-state index contributed by atoms with van der Waals surface area (Å²) >= 11 is 0. The third kappa shape index (κ3) is 4.37. The summed E-state index contributed by atoms with van der Waals surface area (Å²) in [4.78, 5) is 2.51. The Bertz CT molecular complexity index is 453. The first-order valence-electron chi connectivity index (χ1n) is 8.12. The van der Waals surface area contributed by atoms with Crippen LogP contribution >= 0.6 is 0 Å². The van der Waals surface area contributed by atoms with E-state index >= 15 is 0 Å². The van der Waals surface area contributed by atoms with Crippen LogP contribution in [-0.4, -0.2) is 31.3 Å². The quantitative estimate of drug-likeness (QED) is 0.915. The van der Waals surface area contributed by atoms with Crippen LogP contribution in [0.2, 0.25) is 0 Å². The number of rotatable bonds is 4. The topological polar surface area (TPSA) is 24.5 Å². The number of fused-ring (bicyclic) bond motifs is 1. The Morgan fingerprint density at radius 1 is 1.24 bits per heavy atom. The molecular weight excluding hydrogens is 260 g/mol. The molecule has 3 heteroatoms. The Balaban J connectivity index is 2.09. The zero-order valence-electron chi connectivity index (χ0n) is 14.1. The van der Waals surface area contributed by atoms with Crippen molar-refractivity contribution in [1.29, 1.82) is 0 Å². The first-order valence-corrected chi connectivity index (χ1v) is 8.12. The van der Waals surface area contributed by atoms with Gasteiger partial charge in [-0.1, -0.05) is 19.1 Å². The van der Waals surface area contributed by atoms with Crippen LogP contribution in [-0.2, 0) is 0 Å². The van der Waals surface area contributed by atoms with E-state index in [1.54, 1.807) is 0 Å². The Labute approximate surface area is 129 Å². The smallest absolute Gasteiger partial charge is 0.142 e. The highest BCUT2D eigenvalue weighted by Gasteiger charge is 2.25. The van der Waals surface area contributed by atoms with Gasteiger partial charge in [0.2, 0.25) is 0 Å². The predicted molar refractivity (Wildman–Crippen MR) is 90.3 cm³/mol. The summed E-state index contributed by atoms with van der Waals surface area (Å²) in [5, 5.41) is 3.62. The van der Waals surface area contributed by atoms with Crippen LogP contribution in [0.15, 0.2) is 24.3 Å². The van der Waals surface area contributed by atoms with Crippen LogP contribution < -0.4 is 15.0 Å². The Kier molecular flexibility index (Phi) is 5.15. The van der Waals surface area contributed by atoms with Gasteiger partial charge < -0.3 is 15.0 Å². The van der Waals surface area contributed by atoms with Gasteiger partial charge in [0.05, 0.1) is 12.3 Å². The maximum atomic E-state index is 5.87. The van der Waals surface area contributed by atoms with Gasteiger partial charge in [-0.15, -0.1) is 0 Å². The van der Waals surface area contributed by atoms with E-state index < -0.39 is 0 Å². The third-order valence-electron chi connectivity index (χ3n) is 4.25. The van der Waals surface area contributed by atoms with Crippen LogP contribution in [0.3, 0.4) is 0 Å². The molecule has 0 bridgehead atoms. The summed E-state index contributed by atoms with van der Waals surface area (Å²) in [6.07, 6.45) is 1.08. The average molecular weight is 290 g/mol. The molecule has 1 aromatic rings. The number of para-hydroxylation sites is 2. The maximum absolute atomic E-state index is 5.87. The fourth-order valence-electron chi connectivity index (χ4n) is 2.72. The molecule has 3 nitrogen and oxygen atoms in total. The van der Waals surface area contributed by atoms with E-state index in [0.717, 1.165) is 31.9 Å². The van der Waals surface area contributed by atoms with Crippen molar-refractivity contribution in [3.05, 3.63) is 24.3 Å². The minimum Gasteiger partial charge on any atom is -0.491 e. The van der Waals surface area contributed by atoms with Crippen molar-refractivity contribution >= 4 is 5.69 Å². The lowest BCUT2D eigenvalue weighted by molar-refractivity contribution is 0.320. The average Bonchev–Trinajstić information content (AvgIpc) is 2.65. The summed E-state index contributed by atoms with van der Waals surface area (Å²) in [5.74, 6) is 1.60. The number of ether oxygens (including phenoxy) is 1. The van der Waals surface area contributed by atoms with Gasteiger partial charge in [0.25, 0.3) is 0 Å². The summed E-state index contributed by atoms with van der Waals surface area (Å²) in [6, 6.07) is 8.91. The molecule has 1 heterocycles. The van der Waals surface area contributed by atoms with Crippen LogP contribution in [0.1, 0.15) is 41.0 Å². The minimum absolute atomic E-state index is 0.174. The number of benzene rings is 1. The molecule has 0 radical (unpaired) electrons. The zero-order valence-corrected chi connectivity index (χ0v) is 14.1. The Morgan fingerprint density at radius 3 is 2.67 bits per heavy atom. The molecule has 2 rings (SSSR count). The lowest BCUT2D eigenvalue weighted by Crippen LogP contribution is -2.45. The van der Waals surface area contributed by atoms with Crippen molar-refractivity contribution in [1.82, 2.24) is 5.32 Å². The molecule has 21 heavy (non-hydrogen) atoms. The second-order valence-electron chi connectivity index (χ2n) is 7.21. The number of nitrogens with zero attached hydrogens (tertiary/aromatic N) is 1. The molecule has 0 saturated carbocycles. The number of anilines is 1. The molecule has 0 saturated heterocycles. The van der Waals surface area contributed by atoms with Crippen molar-refractivity contribution in [3.63, 3.8) is 0 Å². The fraction of sp³-hybridized carbons (Fsp3) is 0.667. The molecular formula is C18H30N2O. The van der Waals surface area contributed by atoms with E-state index in [9.17, 15) is 0 Å². The Hall–Kier alpha value is -1.22. The molecule has 2 unspecified atom stereocenters. The SMILES string of the molecule is CC(CNC(C)(C)C)C(C)N1CCCOc2ccccc21. The highest BCUT2D eigenvalue weighted by atomic mass is 16.5. The minimum atomic E-state index is 0.174. The van der Waals surface area contributed by atoms with Crippen LogP contribution in [0.25, 0.3) is 0 Å². The van der Waals surface area contributed by atoms with Gasteiger partial charge in [-0.05, 0) is 52.2 Å². The van der Waals surface area contributed by atoms with Crippen LogP contribution in [0.4, 0.5) is 5.69 Å². The monoisotopic (exact) mass is 290 g/mol. The van der Waals surface area contributed by atoms with Crippen LogP contribution in [0.5, 0.6) is 5.75 Å². The fourth-order valence-corrected chi connectivity index (χ4v) is 2.72. The van der Waals surface area contributed by atoms with Gasteiger partial charge in [-0.3, -0.25) is 0 Å². The normalized spacial score (nSPS) is 18.4. The van der Waals surface area contributed by atoms with E-state index in [0.29, 0.717) is 12.0 Å². The molecule has 0 amide bonds. The molecule has 1 aliphatic rings. The zero-order chi connectivity index (χ0) is 15.5. The lowest BCUT2D eigenvalue weighted by Gasteiger charge is -2.36. The van der Waals surface area contributed by atoms with Crippen LogP contribution in [0, 0.1) is 5.92 Å². The molecule has 2 atom stereocenters. The highest BCUT2D eigenvalue weighted by molar-refractivity contribution is 5.59. The second-order valence-corrected chi connectivity index (χ2v) is 7.21. The molecule has 1 N–H and O–H groups in total. The van der Waals surface area contributed by atoms with Gasteiger partial charge in [0.1, 0.15) is 5.75 Å². The summed E-state index contributed by atoms with van der Waals surface area (Å²) < 4.78 is 5.87. The van der Waals surface area contributed by atoms with Crippen molar-refractivity contribution in [2.75, 3.05) is 24.6 Å². The van der Waals surface area contributed by atoms with Crippen molar-refractivity contribution in [2.24, 2.45) is 5.92 Å². The maximum Gasteiger partial charge on any atom is 0.142 e. The molecule has 118 valence electrons. The van der Waals surface area contributed by atoms with Gasteiger partial charge in [0.15, 0.2) is 0 Å². The predicted octanol–water partition coefficient (Wildman–Crippen LogP) is 3.69. The van der Waals surface area contributed by atoms with E-state index in [4.69, 9.17) is 4.74 Å².